The van der Waals surface area contributed by atoms with Crippen LogP contribution in [-0.2, 0) is 0 Å². The molecule has 0 N–H and O–H groups in total. The molecule has 0 amide bonds. The Kier molecular flexibility index (Phi) is 4.79. The molecule has 0 aliphatic heterocycles. The van der Waals surface area contributed by atoms with Crippen LogP contribution in [0.2, 0.25) is 0 Å². The van der Waals surface area contributed by atoms with Crippen LogP contribution in [0.4, 0.5) is 0 Å². The first kappa shape index (κ1) is 17.1. The molecule has 0 aliphatic rings. The molecule has 1 atom stereocenters. The number of ether oxygens (including phenoxy) is 1. The van der Waals surface area contributed by atoms with Gasteiger partial charge >= 0.3 is 5.63 Å². The van der Waals surface area contributed by atoms with Crippen LogP contribution in [0.25, 0.3) is 21.9 Å². The number of hydrogen-bond donors (Lipinski definition) is 0. The van der Waals surface area contributed by atoms with E-state index in [1.807, 2.05) is 52.0 Å². The molecule has 0 saturated carbocycles. The lowest BCUT2D eigenvalue weighted by Crippen LogP contribution is -2.18. The lowest BCUT2D eigenvalue weighted by atomic mass is 10.1. The Morgan fingerprint density at radius 3 is 2.68 bits per heavy atom. The maximum absolute atomic E-state index is 12.3. The van der Waals surface area contributed by atoms with Gasteiger partial charge in [0.05, 0.1) is 6.26 Å². The van der Waals surface area contributed by atoms with Crippen molar-refractivity contribution in [1.82, 2.24) is 0 Å². The lowest BCUT2D eigenvalue weighted by Gasteiger charge is -2.16. The van der Waals surface area contributed by atoms with Crippen LogP contribution in [0.1, 0.15) is 34.1 Å². The van der Waals surface area contributed by atoms with Gasteiger partial charge in [0.15, 0.2) is 0 Å². The third-order valence-electron chi connectivity index (χ3n) is 4.09. The molecule has 0 bridgehead atoms. The Morgan fingerprint density at radius 1 is 1.16 bits per heavy atom. The molecular weight excluding hydrogens is 316 g/mol. The van der Waals surface area contributed by atoms with Crippen molar-refractivity contribution in [2.75, 3.05) is 0 Å². The van der Waals surface area contributed by atoms with Crippen LogP contribution in [-0.4, -0.2) is 6.10 Å². The summed E-state index contributed by atoms with van der Waals surface area (Å²) in [5.74, 6) is 0.224. The second kappa shape index (κ2) is 7.01. The fourth-order valence-corrected chi connectivity index (χ4v) is 2.75. The SMILES string of the molecule is CC=C(C)CC(C=C(C)C)Oc1cc2cc3ccoc3cc2oc1=O. The molecule has 4 heteroatoms. The van der Waals surface area contributed by atoms with E-state index in [4.69, 9.17) is 13.6 Å². The number of furan rings is 1. The van der Waals surface area contributed by atoms with E-state index in [1.165, 1.54) is 5.57 Å². The first-order valence-electron chi connectivity index (χ1n) is 8.35. The summed E-state index contributed by atoms with van der Waals surface area (Å²) in [5.41, 5.74) is 3.04. The average molecular weight is 338 g/mol. The molecule has 3 rings (SSSR count). The third kappa shape index (κ3) is 3.85. The van der Waals surface area contributed by atoms with Crippen molar-refractivity contribution < 1.29 is 13.6 Å². The normalized spacial score (nSPS) is 13.2. The number of rotatable bonds is 5. The minimum Gasteiger partial charge on any atom is -0.479 e. The van der Waals surface area contributed by atoms with Crippen LogP contribution < -0.4 is 10.4 Å². The van der Waals surface area contributed by atoms with Gasteiger partial charge < -0.3 is 13.6 Å². The minimum atomic E-state index is -0.483. The molecule has 4 nitrogen and oxygen atoms in total. The van der Waals surface area contributed by atoms with E-state index in [0.29, 0.717) is 11.2 Å². The van der Waals surface area contributed by atoms with Crippen LogP contribution in [0.5, 0.6) is 5.75 Å². The smallest absolute Gasteiger partial charge is 0.379 e. The summed E-state index contributed by atoms with van der Waals surface area (Å²) in [4.78, 5) is 12.3. The van der Waals surface area contributed by atoms with Gasteiger partial charge in [-0.15, -0.1) is 0 Å². The molecule has 1 unspecified atom stereocenters. The maximum Gasteiger partial charge on any atom is 0.379 e. The molecule has 130 valence electrons. The highest BCUT2D eigenvalue weighted by Gasteiger charge is 2.14. The first-order valence-corrected chi connectivity index (χ1v) is 8.35. The molecule has 3 aromatic rings. The predicted octanol–water partition coefficient (Wildman–Crippen LogP) is 5.61. The second-order valence-corrected chi connectivity index (χ2v) is 6.49. The van der Waals surface area contributed by atoms with Crippen molar-refractivity contribution in [3.05, 3.63) is 64.2 Å². The number of hydrogen-bond acceptors (Lipinski definition) is 4. The molecule has 0 spiro atoms. The molecule has 0 saturated heterocycles. The van der Waals surface area contributed by atoms with E-state index < -0.39 is 5.63 Å². The van der Waals surface area contributed by atoms with E-state index in [2.05, 4.69) is 0 Å². The van der Waals surface area contributed by atoms with Gasteiger partial charge in [0.25, 0.3) is 0 Å². The monoisotopic (exact) mass is 338 g/mol. The number of benzene rings is 1. The van der Waals surface area contributed by atoms with Gasteiger partial charge in [0.1, 0.15) is 17.3 Å². The van der Waals surface area contributed by atoms with E-state index in [9.17, 15) is 4.79 Å². The van der Waals surface area contributed by atoms with Crippen molar-refractivity contribution >= 4 is 21.9 Å². The molecule has 1 aromatic carbocycles. The van der Waals surface area contributed by atoms with E-state index in [1.54, 1.807) is 18.4 Å². The summed E-state index contributed by atoms with van der Waals surface area (Å²) in [6.07, 6.45) is 6.20. The van der Waals surface area contributed by atoms with Crippen LogP contribution in [0.3, 0.4) is 0 Å². The highest BCUT2D eigenvalue weighted by molar-refractivity contribution is 5.93. The van der Waals surface area contributed by atoms with Gasteiger partial charge in [-0.05, 0) is 52.0 Å². The lowest BCUT2D eigenvalue weighted by molar-refractivity contribution is 0.238. The summed E-state index contributed by atoms with van der Waals surface area (Å²) in [6, 6.07) is 7.27. The predicted molar refractivity (Wildman–Crippen MR) is 100 cm³/mol. The Morgan fingerprint density at radius 2 is 1.96 bits per heavy atom. The van der Waals surface area contributed by atoms with Crippen LogP contribution in [0.15, 0.2) is 67.5 Å². The zero-order chi connectivity index (χ0) is 18.0. The molecule has 2 heterocycles. The van der Waals surface area contributed by atoms with Crippen molar-refractivity contribution in [2.45, 2.75) is 40.2 Å². The Balaban J connectivity index is 2.00. The molecule has 25 heavy (non-hydrogen) atoms. The highest BCUT2D eigenvalue weighted by atomic mass is 16.5. The van der Waals surface area contributed by atoms with Gasteiger partial charge in [-0.2, -0.15) is 0 Å². The van der Waals surface area contributed by atoms with Gasteiger partial charge in [-0.1, -0.05) is 17.2 Å². The van der Waals surface area contributed by atoms with E-state index >= 15 is 0 Å². The maximum atomic E-state index is 12.3. The standard InChI is InChI=1S/C21H22O4/c1-5-14(4)9-17(8-13(2)3)24-20-11-16-10-15-6-7-23-18(15)12-19(16)25-21(20)22/h5-8,10-12,17H,9H2,1-4H3. The molecule has 0 radical (unpaired) electrons. The van der Waals surface area contributed by atoms with Gasteiger partial charge in [0, 0.05) is 23.3 Å². The van der Waals surface area contributed by atoms with Gasteiger partial charge in [-0.25, -0.2) is 4.79 Å². The zero-order valence-electron chi connectivity index (χ0n) is 15.0. The van der Waals surface area contributed by atoms with Crippen molar-refractivity contribution in [3.8, 4) is 5.75 Å². The van der Waals surface area contributed by atoms with Crippen LogP contribution >= 0.6 is 0 Å². The van der Waals surface area contributed by atoms with E-state index in [0.717, 1.165) is 22.8 Å². The summed E-state index contributed by atoms with van der Waals surface area (Å²) in [5, 5.41) is 1.76. The van der Waals surface area contributed by atoms with E-state index in [-0.39, 0.29) is 11.9 Å². The van der Waals surface area contributed by atoms with Gasteiger partial charge in [0.2, 0.25) is 5.75 Å². The number of allylic oxidation sites excluding steroid dienone is 2. The highest BCUT2D eigenvalue weighted by Crippen LogP contribution is 2.25. The molecular formula is C21H22O4. The zero-order valence-corrected chi connectivity index (χ0v) is 15.0. The van der Waals surface area contributed by atoms with Crippen LogP contribution in [0, 0.1) is 0 Å². The van der Waals surface area contributed by atoms with Crippen molar-refractivity contribution in [2.24, 2.45) is 0 Å². The van der Waals surface area contributed by atoms with Crippen molar-refractivity contribution in [1.29, 1.82) is 0 Å². The Labute approximate surface area is 146 Å². The average Bonchev–Trinajstić information content (AvgIpc) is 3.00. The second-order valence-electron chi connectivity index (χ2n) is 6.49. The summed E-state index contributed by atoms with van der Waals surface area (Å²) >= 11 is 0. The Hall–Kier alpha value is -2.75. The third-order valence-corrected chi connectivity index (χ3v) is 4.09. The quantitative estimate of drug-likeness (QED) is 0.448. The number of fused-ring (bicyclic) bond motifs is 2. The summed E-state index contributed by atoms with van der Waals surface area (Å²) in [7, 11) is 0. The summed E-state index contributed by atoms with van der Waals surface area (Å²) in [6.45, 7) is 8.07. The molecule has 0 fully saturated rings. The Bertz CT molecular complexity index is 1010. The largest absolute Gasteiger partial charge is 0.479 e. The fraction of sp³-hybridized carbons (Fsp3) is 0.286. The fourth-order valence-electron chi connectivity index (χ4n) is 2.75. The molecule has 0 aliphatic carbocycles. The molecule has 2 aromatic heterocycles. The first-order chi connectivity index (χ1) is 12.0. The topological polar surface area (TPSA) is 52.6 Å². The summed E-state index contributed by atoms with van der Waals surface area (Å²) < 4.78 is 16.8. The minimum absolute atomic E-state index is 0.209. The van der Waals surface area contributed by atoms with Crippen molar-refractivity contribution in [3.63, 3.8) is 0 Å². The van der Waals surface area contributed by atoms with Gasteiger partial charge in [-0.3, -0.25) is 0 Å².